The summed E-state index contributed by atoms with van der Waals surface area (Å²) in [4.78, 5) is 14.2. The van der Waals surface area contributed by atoms with Gasteiger partial charge in [-0.25, -0.2) is 0 Å². The maximum Gasteiger partial charge on any atom is 0.253 e. The highest BCUT2D eigenvalue weighted by Crippen LogP contribution is 2.23. The number of hydrogen-bond donors (Lipinski definition) is 1. The van der Waals surface area contributed by atoms with E-state index in [1.54, 1.807) is 6.07 Å². The summed E-state index contributed by atoms with van der Waals surface area (Å²) >= 11 is 0. The maximum absolute atomic E-state index is 12.4. The van der Waals surface area contributed by atoms with Crippen LogP contribution in [0.2, 0.25) is 0 Å². The summed E-state index contributed by atoms with van der Waals surface area (Å²) in [6.45, 7) is 9.50. The Balaban J connectivity index is 0.00000139. The lowest BCUT2D eigenvalue weighted by atomic mass is 9.95. The Morgan fingerprint density at radius 2 is 1.96 bits per heavy atom. The molecule has 0 bridgehead atoms. The van der Waals surface area contributed by atoms with Crippen LogP contribution < -0.4 is 0 Å². The molecule has 24 heavy (non-hydrogen) atoms. The highest BCUT2D eigenvalue weighted by Gasteiger charge is 2.16. The van der Waals surface area contributed by atoms with Crippen molar-refractivity contribution in [3.63, 3.8) is 0 Å². The number of rotatable bonds is 5. The smallest absolute Gasteiger partial charge is 0.253 e. The first-order valence-electron chi connectivity index (χ1n) is 9.09. The number of aromatic hydroxyl groups is 1. The number of likely N-dealkylation sites (N-methyl/N-ethyl adjacent to an activating group) is 1. The number of carbonyl (C=O) groups excluding carboxylic acids is 1. The summed E-state index contributed by atoms with van der Waals surface area (Å²) in [6.07, 6.45) is 9.01. The van der Waals surface area contributed by atoms with Crippen molar-refractivity contribution in [3.05, 3.63) is 53.6 Å². The fourth-order valence-corrected chi connectivity index (χ4v) is 2.87. The number of phenolic OH excluding ortho intramolecular Hbond substituents is 1. The molecule has 1 aromatic rings. The van der Waals surface area contributed by atoms with Crippen molar-refractivity contribution in [2.45, 2.75) is 47.0 Å². The van der Waals surface area contributed by atoms with Crippen LogP contribution in [0.25, 0.3) is 0 Å². The molecule has 0 radical (unpaired) electrons. The minimum Gasteiger partial charge on any atom is -0.508 e. The van der Waals surface area contributed by atoms with Crippen molar-refractivity contribution in [2.24, 2.45) is 5.92 Å². The molecule has 0 saturated carbocycles. The van der Waals surface area contributed by atoms with E-state index < -0.39 is 0 Å². The largest absolute Gasteiger partial charge is 0.508 e. The van der Waals surface area contributed by atoms with Gasteiger partial charge in [-0.15, -0.1) is 0 Å². The standard InChI is InChI=1S/C19H25NO2.C2H6/c1-3-20(4-2)19(22)17-9-5-7-15(11-12-17)13-16-8-6-10-18(21)14-16;1-2/h6,8-12,14-15,21H,3-5,7,13H2,1-2H3;1-2H3. The Bertz CT molecular complexity index is 571. The number of allylic oxidation sites excluding steroid dienone is 2. The van der Waals surface area contributed by atoms with Crippen LogP contribution in [0.15, 0.2) is 48.1 Å². The number of carbonyl (C=O) groups is 1. The average molecular weight is 329 g/mol. The van der Waals surface area contributed by atoms with Crippen LogP contribution in [0.3, 0.4) is 0 Å². The summed E-state index contributed by atoms with van der Waals surface area (Å²) in [6, 6.07) is 7.41. The molecule has 0 fully saturated rings. The van der Waals surface area contributed by atoms with E-state index in [2.05, 4.69) is 12.2 Å². The molecular weight excluding hydrogens is 298 g/mol. The van der Waals surface area contributed by atoms with Gasteiger partial charge >= 0.3 is 0 Å². The van der Waals surface area contributed by atoms with E-state index in [0.717, 1.165) is 43.5 Å². The summed E-state index contributed by atoms with van der Waals surface area (Å²) < 4.78 is 0. The second-order valence-electron chi connectivity index (χ2n) is 5.71. The zero-order valence-electron chi connectivity index (χ0n) is 15.5. The van der Waals surface area contributed by atoms with Crippen LogP contribution in [0, 0.1) is 5.92 Å². The monoisotopic (exact) mass is 329 g/mol. The molecule has 0 aliphatic heterocycles. The normalized spacial score (nSPS) is 16.5. The van der Waals surface area contributed by atoms with Gasteiger partial charge in [-0.05, 0) is 56.7 Å². The Hall–Kier alpha value is -2.03. The van der Waals surface area contributed by atoms with Gasteiger partial charge in [0.1, 0.15) is 5.75 Å². The molecule has 1 aromatic carbocycles. The lowest BCUT2D eigenvalue weighted by Crippen LogP contribution is -2.31. The van der Waals surface area contributed by atoms with Gasteiger partial charge < -0.3 is 10.0 Å². The van der Waals surface area contributed by atoms with Gasteiger partial charge in [0.25, 0.3) is 5.91 Å². The minimum absolute atomic E-state index is 0.124. The van der Waals surface area contributed by atoms with Gasteiger partial charge in [-0.1, -0.05) is 44.2 Å². The van der Waals surface area contributed by atoms with E-state index in [-0.39, 0.29) is 5.91 Å². The quantitative estimate of drug-likeness (QED) is 0.849. The second-order valence-corrected chi connectivity index (χ2v) is 5.71. The minimum atomic E-state index is 0.124. The van der Waals surface area contributed by atoms with Gasteiger partial charge in [0.05, 0.1) is 0 Å². The molecule has 0 saturated heterocycles. The lowest BCUT2D eigenvalue weighted by molar-refractivity contribution is -0.126. The highest BCUT2D eigenvalue weighted by atomic mass is 16.3. The third-order valence-corrected chi connectivity index (χ3v) is 4.16. The first-order valence-corrected chi connectivity index (χ1v) is 9.09. The topological polar surface area (TPSA) is 40.5 Å². The Labute approximate surface area is 146 Å². The van der Waals surface area contributed by atoms with E-state index >= 15 is 0 Å². The van der Waals surface area contributed by atoms with Crippen LogP contribution in [-0.4, -0.2) is 29.0 Å². The predicted molar refractivity (Wildman–Crippen MR) is 101 cm³/mol. The van der Waals surface area contributed by atoms with E-state index in [4.69, 9.17) is 0 Å². The van der Waals surface area contributed by atoms with Crippen LogP contribution >= 0.6 is 0 Å². The van der Waals surface area contributed by atoms with Crippen LogP contribution in [0.1, 0.15) is 46.1 Å². The fraction of sp³-hybridized carbons (Fsp3) is 0.476. The van der Waals surface area contributed by atoms with Crippen LogP contribution in [0.5, 0.6) is 5.75 Å². The molecule has 0 spiro atoms. The first kappa shape index (κ1) is 20.0. The summed E-state index contributed by atoms with van der Waals surface area (Å²) in [5.74, 6) is 0.838. The molecule has 1 amide bonds. The van der Waals surface area contributed by atoms with Crippen molar-refractivity contribution in [1.82, 2.24) is 4.90 Å². The summed E-state index contributed by atoms with van der Waals surface area (Å²) in [5.41, 5.74) is 1.94. The third-order valence-electron chi connectivity index (χ3n) is 4.16. The van der Waals surface area contributed by atoms with Crippen LogP contribution in [-0.2, 0) is 11.2 Å². The molecule has 1 atom stereocenters. The molecule has 0 heterocycles. The molecule has 3 nitrogen and oxygen atoms in total. The third kappa shape index (κ3) is 5.88. The summed E-state index contributed by atoms with van der Waals surface area (Å²) in [7, 11) is 0. The number of phenols is 1. The van der Waals surface area contributed by atoms with Crippen molar-refractivity contribution < 1.29 is 9.90 Å². The molecule has 1 N–H and O–H groups in total. The molecular formula is C21H31NO2. The molecule has 2 rings (SSSR count). The molecule has 1 aliphatic carbocycles. The molecule has 3 heteroatoms. The van der Waals surface area contributed by atoms with Gasteiger partial charge in [0, 0.05) is 18.7 Å². The number of benzene rings is 1. The SMILES string of the molecule is CC.CCN(CC)C(=O)C1=CCCC(Cc2cccc(O)c2)C=C1. The highest BCUT2D eigenvalue weighted by molar-refractivity contribution is 5.96. The van der Waals surface area contributed by atoms with Crippen LogP contribution in [0.4, 0.5) is 0 Å². The van der Waals surface area contributed by atoms with Crippen molar-refractivity contribution in [1.29, 1.82) is 0 Å². The van der Waals surface area contributed by atoms with Gasteiger partial charge in [0.2, 0.25) is 0 Å². The van der Waals surface area contributed by atoms with E-state index in [9.17, 15) is 9.90 Å². The zero-order valence-corrected chi connectivity index (χ0v) is 15.5. The number of nitrogens with zero attached hydrogens (tertiary/aromatic N) is 1. The molecule has 132 valence electrons. The number of hydrogen-bond acceptors (Lipinski definition) is 2. The van der Waals surface area contributed by atoms with Gasteiger partial charge in [-0.3, -0.25) is 4.79 Å². The molecule has 1 aliphatic rings. The fourth-order valence-electron chi connectivity index (χ4n) is 2.87. The van der Waals surface area contributed by atoms with E-state index in [1.165, 1.54) is 0 Å². The zero-order chi connectivity index (χ0) is 17.9. The Morgan fingerprint density at radius 3 is 2.58 bits per heavy atom. The average Bonchev–Trinajstić information content (AvgIpc) is 2.83. The maximum atomic E-state index is 12.4. The predicted octanol–water partition coefficient (Wildman–Crippen LogP) is 4.72. The van der Waals surface area contributed by atoms with Crippen molar-refractivity contribution in [3.8, 4) is 5.75 Å². The van der Waals surface area contributed by atoms with Gasteiger partial charge in [-0.2, -0.15) is 0 Å². The van der Waals surface area contributed by atoms with Crippen molar-refractivity contribution in [2.75, 3.05) is 13.1 Å². The Kier molecular flexibility index (Phi) is 8.92. The van der Waals surface area contributed by atoms with E-state index in [0.29, 0.717) is 11.7 Å². The van der Waals surface area contributed by atoms with Gasteiger partial charge in [0.15, 0.2) is 0 Å². The lowest BCUT2D eigenvalue weighted by Gasteiger charge is -2.18. The van der Waals surface area contributed by atoms with E-state index in [1.807, 2.05) is 56.9 Å². The second kappa shape index (κ2) is 10.7. The van der Waals surface area contributed by atoms with Crippen molar-refractivity contribution >= 4 is 5.91 Å². The molecule has 1 unspecified atom stereocenters. The number of amides is 1. The first-order chi connectivity index (χ1) is 11.6. The molecule has 0 aromatic heterocycles. The summed E-state index contributed by atoms with van der Waals surface area (Å²) in [5, 5.41) is 9.55. The Morgan fingerprint density at radius 1 is 1.25 bits per heavy atom.